The van der Waals surface area contributed by atoms with Gasteiger partial charge in [-0.2, -0.15) is 0 Å². The summed E-state index contributed by atoms with van der Waals surface area (Å²) >= 11 is 0. The molecule has 0 aliphatic heterocycles. The van der Waals surface area contributed by atoms with Crippen molar-refractivity contribution >= 4 is 21.7 Å². The molecular formula is C17H23NO6S. The smallest absolute Gasteiger partial charge is 0.326 e. The number of benzene rings is 1. The summed E-state index contributed by atoms with van der Waals surface area (Å²) < 4.78 is 28.1. The number of rotatable bonds is 10. The zero-order valence-corrected chi connectivity index (χ0v) is 15.1. The lowest BCUT2D eigenvalue weighted by molar-refractivity contribution is -0.141. The molecule has 2 N–H and O–H groups in total. The van der Waals surface area contributed by atoms with E-state index >= 15 is 0 Å². The molecule has 0 aliphatic rings. The molecule has 7 nitrogen and oxygen atoms in total. The van der Waals surface area contributed by atoms with E-state index in [9.17, 15) is 18.0 Å². The summed E-state index contributed by atoms with van der Waals surface area (Å²) in [6.45, 7) is 2.04. The van der Waals surface area contributed by atoms with E-state index in [0.29, 0.717) is 12.2 Å². The molecule has 0 radical (unpaired) electrons. The van der Waals surface area contributed by atoms with Crippen LogP contribution in [0.1, 0.15) is 26.2 Å². The highest BCUT2D eigenvalue weighted by atomic mass is 32.2. The third-order valence-corrected chi connectivity index (χ3v) is 4.44. The van der Waals surface area contributed by atoms with Crippen molar-refractivity contribution in [2.75, 3.05) is 12.9 Å². The van der Waals surface area contributed by atoms with Crippen LogP contribution >= 0.6 is 0 Å². The molecule has 0 aliphatic carbocycles. The summed E-state index contributed by atoms with van der Waals surface area (Å²) in [7, 11) is -3.24. The first-order valence-electron chi connectivity index (χ1n) is 7.80. The van der Waals surface area contributed by atoms with Crippen molar-refractivity contribution in [2.24, 2.45) is 0 Å². The molecule has 0 saturated carbocycles. The van der Waals surface area contributed by atoms with Crippen LogP contribution in [0.4, 0.5) is 0 Å². The van der Waals surface area contributed by atoms with Crippen LogP contribution in [0.25, 0.3) is 0 Å². The molecule has 0 saturated heterocycles. The van der Waals surface area contributed by atoms with Gasteiger partial charge in [-0.1, -0.05) is 12.2 Å². The van der Waals surface area contributed by atoms with E-state index in [1.165, 1.54) is 12.1 Å². The predicted molar refractivity (Wildman–Crippen MR) is 93.3 cm³/mol. The molecule has 1 aromatic rings. The SMILES string of the molecule is C/C=C/CC(NC(=O)CCCOc1ccc(S(C)(=O)=O)cc1)C(=O)O. The first-order chi connectivity index (χ1) is 11.7. The normalized spacial score (nSPS) is 12.7. The van der Waals surface area contributed by atoms with Crippen molar-refractivity contribution in [1.29, 1.82) is 0 Å². The molecule has 1 aromatic carbocycles. The second-order valence-corrected chi connectivity index (χ2v) is 7.47. The number of carboxylic acids is 1. The van der Waals surface area contributed by atoms with Crippen LogP contribution in [0.5, 0.6) is 5.75 Å². The van der Waals surface area contributed by atoms with Crippen molar-refractivity contribution in [2.45, 2.75) is 37.1 Å². The van der Waals surface area contributed by atoms with Gasteiger partial charge in [-0.05, 0) is 44.0 Å². The van der Waals surface area contributed by atoms with Gasteiger partial charge < -0.3 is 15.2 Å². The fourth-order valence-corrected chi connectivity index (χ4v) is 2.60. The highest BCUT2D eigenvalue weighted by molar-refractivity contribution is 7.90. The third-order valence-electron chi connectivity index (χ3n) is 3.31. The Labute approximate surface area is 147 Å². The Morgan fingerprint density at radius 2 is 1.92 bits per heavy atom. The van der Waals surface area contributed by atoms with Gasteiger partial charge in [0, 0.05) is 12.7 Å². The van der Waals surface area contributed by atoms with E-state index in [2.05, 4.69) is 5.32 Å². The van der Waals surface area contributed by atoms with Gasteiger partial charge in [0.25, 0.3) is 0 Å². The minimum atomic E-state index is -3.24. The number of amides is 1. The van der Waals surface area contributed by atoms with Gasteiger partial charge in [0.2, 0.25) is 5.91 Å². The molecule has 1 amide bonds. The number of nitrogens with one attached hydrogen (secondary N) is 1. The van der Waals surface area contributed by atoms with Crippen LogP contribution < -0.4 is 10.1 Å². The minimum absolute atomic E-state index is 0.140. The largest absolute Gasteiger partial charge is 0.494 e. The molecule has 0 bridgehead atoms. The van der Waals surface area contributed by atoms with Crippen molar-refractivity contribution in [3.8, 4) is 5.75 Å². The Bertz CT molecular complexity index is 709. The lowest BCUT2D eigenvalue weighted by Gasteiger charge is -2.12. The van der Waals surface area contributed by atoms with E-state index in [-0.39, 0.29) is 30.3 Å². The van der Waals surface area contributed by atoms with Crippen LogP contribution in [0.15, 0.2) is 41.3 Å². The monoisotopic (exact) mass is 369 g/mol. The van der Waals surface area contributed by atoms with Crippen LogP contribution in [-0.4, -0.2) is 44.3 Å². The van der Waals surface area contributed by atoms with Crippen LogP contribution in [0.3, 0.4) is 0 Å². The summed E-state index contributed by atoms with van der Waals surface area (Å²) in [4.78, 5) is 23.0. The molecule has 0 fully saturated rings. The van der Waals surface area contributed by atoms with Gasteiger partial charge in [-0.15, -0.1) is 0 Å². The van der Waals surface area contributed by atoms with E-state index in [1.54, 1.807) is 31.2 Å². The van der Waals surface area contributed by atoms with E-state index in [4.69, 9.17) is 9.84 Å². The second-order valence-electron chi connectivity index (χ2n) is 5.46. The maximum atomic E-state index is 11.8. The zero-order valence-electron chi connectivity index (χ0n) is 14.3. The maximum absolute atomic E-state index is 11.8. The standard InChI is InChI=1S/C17H23NO6S/c1-3-4-6-15(17(20)21)18-16(19)7-5-12-24-13-8-10-14(11-9-13)25(2,22)23/h3-4,8-11,15H,5-7,12H2,1-2H3,(H,18,19)(H,20,21)/b4-3+. The van der Waals surface area contributed by atoms with E-state index in [0.717, 1.165) is 6.26 Å². The minimum Gasteiger partial charge on any atom is -0.494 e. The summed E-state index contributed by atoms with van der Waals surface area (Å²) in [6.07, 6.45) is 5.33. The molecule has 1 unspecified atom stereocenters. The summed E-state index contributed by atoms with van der Waals surface area (Å²) in [5.41, 5.74) is 0. The molecule has 1 rings (SSSR count). The number of ether oxygens (including phenoxy) is 1. The number of hydrogen-bond acceptors (Lipinski definition) is 5. The number of carbonyl (C=O) groups excluding carboxylic acids is 1. The van der Waals surface area contributed by atoms with Gasteiger partial charge in [0.15, 0.2) is 9.84 Å². The maximum Gasteiger partial charge on any atom is 0.326 e. The Hall–Kier alpha value is -2.35. The predicted octanol–water partition coefficient (Wildman–Crippen LogP) is 1.78. The van der Waals surface area contributed by atoms with Gasteiger partial charge in [0.05, 0.1) is 11.5 Å². The third kappa shape index (κ3) is 7.84. The molecule has 8 heteroatoms. The Morgan fingerprint density at radius 3 is 2.44 bits per heavy atom. The molecule has 0 heterocycles. The van der Waals surface area contributed by atoms with Gasteiger partial charge in [-0.25, -0.2) is 13.2 Å². The number of carboxylic acid groups (broad SMARTS) is 1. The van der Waals surface area contributed by atoms with E-state index < -0.39 is 21.8 Å². The number of hydrogen-bond donors (Lipinski definition) is 2. The summed E-state index contributed by atoms with van der Waals surface area (Å²) in [5.74, 6) is -0.925. The molecule has 1 atom stereocenters. The van der Waals surface area contributed by atoms with Crippen molar-refractivity contribution in [3.05, 3.63) is 36.4 Å². The van der Waals surface area contributed by atoms with Crippen molar-refractivity contribution < 1.29 is 27.9 Å². The average molecular weight is 369 g/mol. The number of sulfone groups is 1. The summed E-state index contributed by atoms with van der Waals surface area (Å²) in [6, 6.07) is 5.07. The number of aliphatic carboxylic acids is 1. The van der Waals surface area contributed by atoms with Crippen molar-refractivity contribution in [3.63, 3.8) is 0 Å². The van der Waals surface area contributed by atoms with Crippen LogP contribution in [0, 0.1) is 0 Å². The highest BCUT2D eigenvalue weighted by Crippen LogP contribution is 2.16. The lowest BCUT2D eigenvalue weighted by atomic mass is 10.2. The van der Waals surface area contributed by atoms with Gasteiger partial charge in [-0.3, -0.25) is 4.79 Å². The Balaban J connectivity index is 2.37. The highest BCUT2D eigenvalue weighted by Gasteiger charge is 2.17. The molecule has 138 valence electrons. The van der Waals surface area contributed by atoms with Crippen LogP contribution in [-0.2, 0) is 19.4 Å². The van der Waals surface area contributed by atoms with Crippen molar-refractivity contribution in [1.82, 2.24) is 5.32 Å². The second kappa shape index (κ2) is 9.83. The fraction of sp³-hybridized carbons (Fsp3) is 0.412. The van der Waals surface area contributed by atoms with E-state index in [1.807, 2.05) is 0 Å². The Morgan fingerprint density at radius 1 is 1.28 bits per heavy atom. The molecule has 0 spiro atoms. The zero-order chi connectivity index (χ0) is 18.9. The first kappa shape index (κ1) is 20.7. The quantitative estimate of drug-likeness (QED) is 0.481. The van der Waals surface area contributed by atoms with Gasteiger partial charge in [0.1, 0.15) is 11.8 Å². The first-order valence-corrected chi connectivity index (χ1v) is 9.69. The number of allylic oxidation sites excluding steroid dienone is 1. The Kier molecular flexibility index (Phi) is 8.13. The van der Waals surface area contributed by atoms with Gasteiger partial charge >= 0.3 is 5.97 Å². The topological polar surface area (TPSA) is 110 Å². The fourth-order valence-electron chi connectivity index (χ4n) is 1.97. The van der Waals surface area contributed by atoms with Crippen LogP contribution in [0.2, 0.25) is 0 Å². The molecule has 25 heavy (non-hydrogen) atoms. The summed E-state index contributed by atoms with van der Waals surface area (Å²) in [5, 5.41) is 11.5. The molecule has 0 aromatic heterocycles. The average Bonchev–Trinajstić information content (AvgIpc) is 2.54. The lowest BCUT2D eigenvalue weighted by Crippen LogP contribution is -2.40. The number of carbonyl (C=O) groups is 2. The molecular weight excluding hydrogens is 346 g/mol.